The Bertz CT molecular complexity index is 569. The standard InChI is InChI=1S/C20H32N4O/c1-16(2)24-13-7-8-17(15-24)14-21-20(25)22-18-9-3-4-10-19(18)23-11-5-6-12-23/h3-4,9-10,16-17H,5-8,11-15H2,1-2H3,(H2,21,22,25). The molecule has 0 saturated carbocycles. The lowest BCUT2D eigenvalue weighted by Gasteiger charge is -2.35. The minimum Gasteiger partial charge on any atom is -0.370 e. The minimum absolute atomic E-state index is 0.0895. The molecule has 2 amide bonds. The molecule has 0 bridgehead atoms. The molecule has 2 aliphatic rings. The van der Waals surface area contributed by atoms with Gasteiger partial charge in [-0.2, -0.15) is 0 Å². The number of para-hydroxylation sites is 2. The topological polar surface area (TPSA) is 47.6 Å². The molecule has 1 aromatic carbocycles. The number of likely N-dealkylation sites (tertiary alicyclic amines) is 1. The maximum absolute atomic E-state index is 12.4. The zero-order valence-electron chi connectivity index (χ0n) is 15.6. The molecule has 3 rings (SSSR count). The van der Waals surface area contributed by atoms with Crippen LogP contribution in [-0.4, -0.2) is 49.7 Å². The van der Waals surface area contributed by atoms with Crippen molar-refractivity contribution in [3.63, 3.8) is 0 Å². The SMILES string of the molecule is CC(C)N1CCCC(CNC(=O)Nc2ccccc2N2CCCC2)C1. The predicted molar refractivity (Wildman–Crippen MR) is 104 cm³/mol. The largest absolute Gasteiger partial charge is 0.370 e. The van der Waals surface area contributed by atoms with E-state index in [0.29, 0.717) is 12.0 Å². The van der Waals surface area contributed by atoms with Gasteiger partial charge in [0.25, 0.3) is 0 Å². The van der Waals surface area contributed by atoms with Gasteiger partial charge in [0.05, 0.1) is 11.4 Å². The number of carbonyl (C=O) groups is 1. The van der Waals surface area contributed by atoms with E-state index in [9.17, 15) is 4.79 Å². The molecule has 0 spiro atoms. The Balaban J connectivity index is 1.51. The summed E-state index contributed by atoms with van der Waals surface area (Å²) in [7, 11) is 0. The van der Waals surface area contributed by atoms with E-state index >= 15 is 0 Å². The predicted octanol–water partition coefficient (Wildman–Crippen LogP) is 3.53. The molecule has 2 N–H and O–H groups in total. The molecule has 0 radical (unpaired) electrons. The highest BCUT2D eigenvalue weighted by Crippen LogP contribution is 2.28. The van der Waals surface area contributed by atoms with Gasteiger partial charge in [-0.3, -0.25) is 0 Å². The highest BCUT2D eigenvalue weighted by Gasteiger charge is 2.22. The van der Waals surface area contributed by atoms with Crippen LogP contribution in [0.3, 0.4) is 0 Å². The summed E-state index contributed by atoms with van der Waals surface area (Å²) >= 11 is 0. The van der Waals surface area contributed by atoms with Gasteiger partial charge in [-0.05, 0) is 64.1 Å². The van der Waals surface area contributed by atoms with Crippen LogP contribution < -0.4 is 15.5 Å². The quantitative estimate of drug-likeness (QED) is 0.859. The first-order valence-electron chi connectivity index (χ1n) is 9.76. The molecule has 1 atom stereocenters. The average Bonchev–Trinajstić information content (AvgIpc) is 3.15. The van der Waals surface area contributed by atoms with Crippen molar-refractivity contribution in [2.75, 3.05) is 42.9 Å². The van der Waals surface area contributed by atoms with Gasteiger partial charge >= 0.3 is 6.03 Å². The molecule has 2 aliphatic heterocycles. The molecule has 138 valence electrons. The number of piperidine rings is 1. The van der Waals surface area contributed by atoms with Gasteiger partial charge in [0.2, 0.25) is 0 Å². The molecule has 2 heterocycles. The maximum Gasteiger partial charge on any atom is 0.319 e. The fourth-order valence-corrected chi connectivity index (χ4v) is 3.95. The van der Waals surface area contributed by atoms with Crippen LogP contribution in [0.4, 0.5) is 16.2 Å². The van der Waals surface area contributed by atoms with Gasteiger partial charge in [-0.25, -0.2) is 4.79 Å². The number of urea groups is 1. The zero-order valence-corrected chi connectivity index (χ0v) is 15.6. The number of benzene rings is 1. The third kappa shape index (κ3) is 4.88. The molecule has 2 saturated heterocycles. The molecule has 25 heavy (non-hydrogen) atoms. The van der Waals surface area contributed by atoms with E-state index in [1.165, 1.54) is 32.2 Å². The Morgan fingerprint density at radius 3 is 2.68 bits per heavy atom. The van der Waals surface area contributed by atoms with E-state index in [1.807, 2.05) is 18.2 Å². The number of nitrogens with zero attached hydrogens (tertiary/aromatic N) is 2. The summed E-state index contributed by atoms with van der Waals surface area (Å²) in [6, 6.07) is 8.62. The van der Waals surface area contributed by atoms with Gasteiger partial charge < -0.3 is 20.4 Å². The Kier molecular flexibility index (Phi) is 6.19. The van der Waals surface area contributed by atoms with Gasteiger partial charge in [0, 0.05) is 32.2 Å². The number of nitrogens with one attached hydrogen (secondary N) is 2. The molecule has 1 aromatic rings. The second-order valence-corrected chi connectivity index (χ2v) is 7.64. The molecule has 0 aromatic heterocycles. The van der Waals surface area contributed by atoms with Gasteiger partial charge in [-0.1, -0.05) is 12.1 Å². The van der Waals surface area contributed by atoms with Gasteiger partial charge in [0.15, 0.2) is 0 Å². The van der Waals surface area contributed by atoms with Crippen molar-refractivity contribution < 1.29 is 4.79 Å². The smallest absolute Gasteiger partial charge is 0.319 e. The number of hydrogen-bond acceptors (Lipinski definition) is 3. The van der Waals surface area contributed by atoms with Crippen molar-refractivity contribution in [2.24, 2.45) is 5.92 Å². The highest BCUT2D eigenvalue weighted by molar-refractivity contribution is 5.93. The first kappa shape index (κ1) is 18.1. The normalized spacial score (nSPS) is 21.6. The van der Waals surface area contributed by atoms with Crippen LogP contribution in [0.15, 0.2) is 24.3 Å². The van der Waals surface area contributed by atoms with E-state index in [1.54, 1.807) is 0 Å². The molecule has 5 nitrogen and oxygen atoms in total. The van der Waals surface area contributed by atoms with E-state index in [4.69, 9.17) is 0 Å². The summed E-state index contributed by atoms with van der Waals surface area (Å²) in [4.78, 5) is 17.3. The van der Waals surface area contributed by atoms with Crippen molar-refractivity contribution in [2.45, 2.75) is 45.6 Å². The number of amides is 2. The first-order valence-corrected chi connectivity index (χ1v) is 9.76. The fraction of sp³-hybridized carbons (Fsp3) is 0.650. The van der Waals surface area contributed by atoms with Crippen LogP contribution in [0.25, 0.3) is 0 Å². The third-order valence-corrected chi connectivity index (χ3v) is 5.43. The van der Waals surface area contributed by atoms with Gasteiger partial charge in [-0.15, -0.1) is 0 Å². The summed E-state index contributed by atoms with van der Waals surface area (Å²) in [6.07, 6.45) is 4.89. The van der Waals surface area contributed by atoms with Crippen LogP contribution in [-0.2, 0) is 0 Å². The summed E-state index contributed by atoms with van der Waals surface area (Å²) in [5.74, 6) is 0.552. The Labute approximate surface area is 151 Å². The Morgan fingerprint density at radius 1 is 1.16 bits per heavy atom. The number of carbonyl (C=O) groups excluding carboxylic acids is 1. The van der Waals surface area contributed by atoms with Crippen LogP contribution in [0.1, 0.15) is 39.5 Å². The second kappa shape index (κ2) is 8.56. The minimum atomic E-state index is -0.0895. The van der Waals surface area contributed by atoms with Crippen LogP contribution in [0, 0.1) is 5.92 Å². The maximum atomic E-state index is 12.4. The lowest BCUT2D eigenvalue weighted by atomic mass is 9.97. The number of hydrogen-bond donors (Lipinski definition) is 2. The monoisotopic (exact) mass is 344 g/mol. The van der Waals surface area contributed by atoms with Gasteiger partial charge in [0.1, 0.15) is 0 Å². The molecule has 1 unspecified atom stereocenters. The first-order chi connectivity index (χ1) is 12.1. The summed E-state index contributed by atoms with van der Waals surface area (Å²) < 4.78 is 0. The molecular weight excluding hydrogens is 312 g/mol. The van der Waals surface area contributed by atoms with Crippen molar-refractivity contribution >= 4 is 17.4 Å². The second-order valence-electron chi connectivity index (χ2n) is 7.64. The summed E-state index contributed by atoms with van der Waals surface area (Å²) in [5, 5.41) is 6.14. The Hall–Kier alpha value is -1.75. The fourth-order valence-electron chi connectivity index (χ4n) is 3.95. The third-order valence-electron chi connectivity index (χ3n) is 5.43. The lowest BCUT2D eigenvalue weighted by Crippen LogP contribution is -2.44. The molecular formula is C20H32N4O. The highest BCUT2D eigenvalue weighted by atomic mass is 16.2. The molecule has 0 aliphatic carbocycles. The van der Waals surface area contributed by atoms with E-state index in [0.717, 1.165) is 37.6 Å². The zero-order chi connectivity index (χ0) is 17.6. The van der Waals surface area contributed by atoms with Crippen LogP contribution in [0.2, 0.25) is 0 Å². The molecule has 5 heteroatoms. The number of anilines is 2. The van der Waals surface area contributed by atoms with E-state index < -0.39 is 0 Å². The lowest BCUT2D eigenvalue weighted by molar-refractivity contribution is 0.139. The van der Waals surface area contributed by atoms with Crippen LogP contribution >= 0.6 is 0 Å². The van der Waals surface area contributed by atoms with Crippen LogP contribution in [0.5, 0.6) is 0 Å². The van der Waals surface area contributed by atoms with Crippen molar-refractivity contribution in [1.29, 1.82) is 0 Å². The number of rotatable bonds is 5. The summed E-state index contributed by atoms with van der Waals surface area (Å²) in [6.45, 7) is 9.67. The van der Waals surface area contributed by atoms with Crippen molar-refractivity contribution in [3.8, 4) is 0 Å². The van der Waals surface area contributed by atoms with Crippen molar-refractivity contribution in [1.82, 2.24) is 10.2 Å². The average molecular weight is 345 g/mol. The van der Waals surface area contributed by atoms with E-state index in [2.05, 4.69) is 40.3 Å². The summed E-state index contributed by atoms with van der Waals surface area (Å²) in [5.41, 5.74) is 2.05. The van der Waals surface area contributed by atoms with Crippen molar-refractivity contribution in [3.05, 3.63) is 24.3 Å². The molecule has 2 fully saturated rings. The van der Waals surface area contributed by atoms with E-state index in [-0.39, 0.29) is 6.03 Å². The Morgan fingerprint density at radius 2 is 1.92 bits per heavy atom.